The van der Waals surface area contributed by atoms with Crippen molar-refractivity contribution in [1.82, 2.24) is 5.32 Å². The fraction of sp³-hybridized carbons (Fsp3) is 0.333. The Morgan fingerprint density at radius 2 is 1.72 bits per heavy atom. The molecule has 0 aliphatic heterocycles. The van der Waals surface area contributed by atoms with Crippen molar-refractivity contribution in [2.75, 3.05) is 19.5 Å². The minimum atomic E-state index is -3.19. The number of sulfone groups is 1. The zero-order valence-corrected chi connectivity index (χ0v) is 17.2. The molecule has 0 radical (unpaired) electrons. The van der Waals surface area contributed by atoms with Gasteiger partial charge >= 0.3 is 0 Å². The van der Waals surface area contributed by atoms with E-state index in [1.807, 2.05) is 24.3 Å². The molecule has 1 atom stereocenters. The van der Waals surface area contributed by atoms with Crippen LogP contribution in [0.1, 0.15) is 18.1 Å². The minimum Gasteiger partial charge on any atom is -0.493 e. The molecule has 0 heterocycles. The van der Waals surface area contributed by atoms with Crippen molar-refractivity contribution in [2.45, 2.75) is 30.8 Å². The summed E-state index contributed by atoms with van der Waals surface area (Å²) in [7, 11) is -3.19. The van der Waals surface area contributed by atoms with Crippen LogP contribution in [0.4, 0.5) is 0 Å². The van der Waals surface area contributed by atoms with Crippen molar-refractivity contribution in [2.24, 2.45) is 0 Å². The molecule has 0 aliphatic carbocycles. The molecule has 1 unspecified atom stereocenters. The van der Waals surface area contributed by atoms with E-state index in [1.54, 1.807) is 37.4 Å². The normalized spacial score (nSPS) is 12.0. The zero-order chi connectivity index (χ0) is 21.3. The molecule has 0 aromatic heterocycles. The first kappa shape index (κ1) is 22.4. The molecule has 0 saturated carbocycles. The van der Waals surface area contributed by atoms with Crippen LogP contribution < -0.4 is 10.1 Å². The Bertz CT molecular complexity index is 948. The van der Waals surface area contributed by atoms with Crippen molar-refractivity contribution < 1.29 is 22.7 Å². The van der Waals surface area contributed by atoms with Crippen LogP contribution in [-0.4, -0.2) is 39.9 Å². The van der Waals surface area contributed by atoms with E-state index in [9.17, 15) is 13.2 Å². The first-order chi connectivity index (χ1) is 13.8. The predicted octanol–water partition coefficient (Wildman–Crippen LogP) is 2.26. The Morgan fingerprint density at radius 3 is 2.28 bits per heavy atom. The summed E-state index contributed by atoms with van der Waals surface area (Å²) in [5, 5.41) is 10.7. The topological polar surface area (TPSA) is 105 Å². The van der Waals surface area contributed by atoms with Crippen molar-refractivity contribution in [3.05, 3.63) is 59.7 Å². The van der Waals surface area contributed by atoms with Crippen LogP contribution in [-0.2, 0) is 32.2 Å². The molecule has 0 saturated heterocycles. The van der Waals surface area contributed by atoms with Gasteiger partial charge in [0.15, 0.2) is 16.0 Å². The van der Waals surface area contributed by atoms with Gasteiger partial charge in [0.1, 0.15) is 11.9 Å². The standard InChI is InChI=1S/C21H24N2O5S/c1-3-27-20(21(24)23-15-22)14-17-4-8-18(9-5-17)28-13-12-16-6-10-19(11-7-16)29(2,25)26/h4-11,20H,3,12-14H2,1-2H3,(H,23,24). The highest BCUT2D eigenvalue weighted by molar-refractivity contribution is 7.90. The number of rotatable bonds is 10. The van der Waals surface area contributed by atoms with Crippen LogP contribution in [0.25, 0.3) is 0 Å². The van der Waals surface area contributed by atoms with Crippen LogP contribution >= 0.6 is 0 Å². The third-order valence-corrected chi connectivity index (χ3v) is 5.32. The highest BCUT2D eigenvalue weighted by atomic mass is 32.2. The van der Waals surface area contributed by atoms with Crippen LogP contribution in [0.3, 0.4) is 0 Å². The second-order valence-corrected chi connectivity index (χ2v) is 8.42. The molecule has 0 bridgehead atoms. The molecule has 2 aromatic carbocycles. The number of benzene rings is 2. The van der Waals surface area contributed by atoms with Gasteiger partial charge in [0.05, 0.1) is 11.5 Å². The van der Waals surface area contributed by atoms with Crippen molar-refractivity contribution in [1.29, 1.82) is 5.26 Å². The monoisotopic (exact) mass is 416 g/mol. The number of nitriles is 1. The van der Waals surface area contributed by atoms with Gasteiger partial charge < -0.3 is 9.47 Å². The van der Waals surface area contributed by atoms with Crippen LogP contribution in [0.5, 0.6) is 5.75 Å². The second-order valence-electron chi connectivity index (χ2n) is 6.41. The second kappa shape index (κ2) is 10.6. The smallest absolute Gasteiger partial charge is 0.262 e. The highest BCUT2D eigenvalue weighted by Crippen LogP contribution is 2.16. The molecule has 8 heteroatoms. The lowest BCUT2D eigenvalue weighted by molar-refractivity contribution is -0.131. The third kappa shape index (κ3) is 7.22. The van der Waals surface area contributed by atoms with Crippen LogP contribution in [0.15, 0.2) is 53.4 Å². The Hall–Kier alpha value is -2.89. The van der Waals surface area contributed by atoms with E-state index in [0.717, 1.165) is 11.1 Å². The maximum atomic E-state index is 11.8. The highest BCUT2D eigenvalue weighted by Gasteiger charge is 2.19. The first-order valence-electron chi connectivity index (χ1n) is 9.14. The molecule has 7 nitrogen and oxygen atoms in total. The number of carbonyl (C=O) groups is 1. The number of carbonyl (C=O) groups excluding carboxylic acids is 1. The van der Waals surface area contributed by atoms with E-state index in [0.29, 0.717) is 36.7 Å². The van der Waals surface area contributed by atoms with Crippen LogP contribution in [0.2, 0.25) is 0 Å². The lowest BCUT2D eigenvalue weighted by Gasteiger charge is -2.15. The summed E-state index contributed by atoms with van der Waals surface area (Å²) >= 11 is 0. The lowest BCUT2D eigenvalue weighted by atomic mass is 10.1. The molecular formula is C21H24N2O5S. The minimum absolute atomic E-state index is 0.298. The summed E-state index contributed by atoms with van der Waals surface area (Å²) in [4.78, 5) is 12.1. The van der Waals surface area contributed by atoms with Gasteiger partial charge in [-0.2, -0.15) is 5.26 Å². The van der Waals surface area contributed by atoms with Crippen molar-refractivity contribution in [3.8, 4) is 11.9 Å². The maximum absolute atomic E-state index is 11.8. The quantitative estimate of drug-likeness (QED) is 0.470. The summed E-state index contributed by atoms with van der Waals surface area (Å²) < 4.78 is 34.1. The SMILES string of the molecule is CCOC(Cc1ccc(OCCc2ccc(S(C)(=O)=O)cc2)cc1)C(=O)NC#N. The number of hydrogen-bond acceptors (Lipinski definition) is 6. The molecule has 0 fully saturated rings. The van der Waals surface area contributed by atoms with E-state index in [1.165, 1.54) is 6.26 Å². The van der Waals surface area contributed by atoms with Crippen molar-refractivity contribution in [3.63, 3.8) is 0 Å². The summed E-state index contributed by atoms with van der Waals surface area (Å²) in [6.07, 6.45) is 3.08. The molecule has 154 valence electrons. The molecule has 1 N–H and O–H groups in total. The number of ether oxygens (including phenoxy) is 2. The molecule has 1 amide bonds. The summed E-state index contributed by atoms with van der Waals surface area (Å²) in [5.74, 6) is 0.229. The third-order valence-electron chi connectivity index (χ3n) is 4.19. The largest absolute Gasteiger partial charge is 0.493 e. The molecular weight excluding hydrogens is 392 g/mol. The molecule has 2 aromatic rings. The Morgan fingerprint density at radius 1 is 1.10 bits per heavy atom. The average Bonchev–Trinajstić information content (AvgIpc) is 2.69. The number of amides is 1. The Balaban J connectivity index is 1.87. The van der Waals surface area contributed by atoms with E-state index in [4.69, 9.17) is 14.7 Å². The van der Waals surface area contributed by atoms with Gasteiger partial charge in [-0.25, -0.2) is 8.42 Å². The van der Waals surface area contributed by atoms with E-state index < -0.39 is 21.8 Å². The fourth-order valence-electron chi connectivity index (χ4n) is 2.69. The van der Waals surface area contributed by atoms with E-state index >= 15 is 0 Å². The number of nitrogens with zero attached hydrogens (tertiary/aromatic N) is 1. The van der Waals surface area contributed by atoms with Gasteiger partial charge in [-0.15, -0.1) is 0 Å². The molecule has 29 heavy (non-hydrogen) atoms. The zero-order valence-electron chi connectivity index (χ0n) is 16.4. The Labute approximate surface area is 171 Å². The van der Waals surface area contributed by atoms with Gasteiger partial charge in [0, 0.05) is 25.7 Å². The molecule has 2 rings (SSSR count). The summed E-state index contributed by atoms with van der Waals surface area (Å²) in [6, 6.07) is 14.1. The number of nitrogens with one attached hydrogen (secondary N) is 1. The van der Waals surface area contributed by atoms with Crippen LogP contribution in [0, 0.1) is 11.5 Å². The number of hydrogen-bond donors (Lipinski definition) is 1. The predicted molar refractivity (Wildman–Crippen MR) is 108 cm³/mol. The average molecular weight is 416 g/mol. The van der Waals surface area contributed by atoms with Gasteiger partial charge in [0.25, 0.3) is 5.91 Å². The lowest BCUT2D eigenvalue weighted by Crippen LogP contribution is -2.35. The van der Waals surface area contributed by atoms with Gasteiger partial charge in [-0.1, -0.05) is 24.3 Å². The molecule has 0 aliphatic rings. The van der Waals surface area contributed by atoms with Gasteiger partial charge in [0.2, 0.25) is 0 Å². The van der Waals surface area contributed by atoms with E-state index in [-0.39, 0.29) is 0 Å². The maximum Gasteiger partial charge on any atom is 0.262 e. The van der Waals surface area contributed by atoms with E-state index in [2.05, 4.69) is 5.32 Å². The van der Waals surface area contributed by atoms with Crippen molar-refractivity contribution >= 4 is 15.7 Å². The first-order valence-corrected chi connectivity index (χ1v) is 11.0. The molecule has 0 spiro atoms. The fourth-order valence-corrected chi connectivity index (χ4v) is 3.32. The summed E-state index contributed by atoms with van der Waals surface area (Å²) in [6.45, 7) is 2.61. The Kier molecular flexibility index (Phi) is 8.19. The van der Waals surface area contributed by atoms with Gasteiger partial charge in [-0.3, -0.25) is 10.1 Å². The van der Waals surface area contributed by atoms with Gasteiger partial charge in [-0.05, 0) is 42.3 Å². The summed E-state index contributed by atoms with van der Waals surface area (Å²) in [5.41, 5.74) is 1.87.